The van der Waals surface area contributed by atoms with Gasteiger partial charge in [0.2, 0.25) is 5.91 Å². The average molecular weight is 229 g/mol. The van der Waals surface area contributed by atoms with E-state index >= 15 is 0 Å². The van der Waals surface area contributed by atoms with E-state index in [1.165, 1.54) is 0 Å². The molecule has 1 aromatic carbocycles. The summed E-state index contributed by atoms with van der Waals surface area (Å²) in [5, 5.41) is 3.93. The Labute approximate surface area is 97.6 Å². The van der Waals surface area contributed by atoms with Crippen LogP contribution < -0.4 is 5.73 Å². The third-order valence-corrected chi connectivity index (χ3v) is 2.80. The van der Waals surface area contributed by atoms with Crippen molar-refractivity contribution in [3.63, 3.8) is 0 Å². The first-order valence-electron chi connectivity index (χ1n) is 5.48. The minimum Gasteiger partial charge on any atom is -0.366 e. The van der Waals surface area contributed by atoms with Crippen LogP contribution in [-0.4, -0.2) is 16.0 Å². The molecule has 0 atom stereocenters. The van der Waals surface area contributed by atoms with Gasteiger partial charge >= 0.3 is 0 Å². The SMILES string of the molecule is NC(=O)c1ccc(-c2nc(C3CC3)no2)cc1. The zero-order chi connectivity index (χ0) is 11.8. The number of carbonyl (C=O) groups excluding carboxylic acids is 1. The van der Waals surface area contributed by atoms with Crippen LogP contribution in [0.25, 0.3) is 11.5 Å². The maximum Gasteiger partial charge on any atom is 0.257 e. The number of aromatic nitrogens is 2. The second-order valence-electron chi connectivity index (χ2n) is 4.17. The van der Waals surface area contributed by atoms with E-state index in [4.69, 9.17) is 10.3 Å². The number of nitrogens with two attached hydrogens (primary N) is 1. The Balaban J connectivity index is 1.89. The average Bonchev–Trinajstić information content (AvgIpc) is 3.07. The van der Waals surface area contributed by atoms with Gasteiger partial charge in [-0.25, -0.2) is 0 Å². The molecule has 1 fully saturated rings. The van der Waals surface area contributed by atoms with Crippen LogP contribution >= 0.6 is 0 Å². The van der Waals surface area contributed by atoms with Gasteiger partial charge in [0.25, 0.3) is 5.89 Å². The molecule has 5 nitrogen and oxygen atoms in total. The van der Waals surface area contributed by atoms with Crippen molar-refractivity contribution in [2.75, 3.05) is 0 Å². The van der Waals surface area contributed by atoms with Gasteiger partial charge in [-0.3, -0.25) is 4.79 Å². The lowest BCUT2D eigenvalue weighted by atomic mass is 10.1. The number of benzene rings is 1. The highest BCUT2D eigenvalue weighted by atomic mass is 16.5. The molecule has 2 aromatic rings. The van der Waals surface area contributed by atoms with Crippen LogP contribution in [0.4, 0.5) is 0 Å². The Hall–Kier alpha value is -2.17. The van der Waals surface area contributed by atoms with Crippen LogP contribution in [0.1, 0.15) is 34.9 Å². The summed E-state index contributed by atoms with van der Waals surface area (Å²) >= 11 is 0. The highest BCUT2D eigenvalue weighted by Crippen LogP contribution is 2.38. The second kappa shape index (κ2) is 3.69. The van der Waals surface area contributed by atoms with E-state index in [1.807, 2.05) is 0 Å². The van der Waals surface area contributed by atoms with Gasteiger partial charge in [0.1, 0.15) is 0 Å². The standard InChI is InChI=1S/C12H11N3O2/c13-10(16)7-1-5-9(6-2-7)12-14-11(15-17-12)8-3-4-8/h1-2,5-6,8H,3-4H2,(H2,13,16). The van der Waals surface area contributed by atoms with Gasteiger partial charge < -0.3 is 10.3 Å². The van der Waals surface area contributed by atoms with Crippen molar-refractivity contribution in [2.45, 2.75) is 18.8 Å². The highest BCUT2D eigenvalue weighted by Gasteiger charge is 2.28. The molecule has 0 unspecified atom stereocenters. The Morgan fingerprint density at radius 3 is 2.59 bits per heavy atom. The minimum absolute atomic E-state index is 0.444. The Bertz CT molecular complexity index is 555. The number of hydrogen-bond acceptors (Lipinski definition) is 4. The highest BCUT2D eigenvalue weighted by molar-refractivity contribution is 5.93. The summed E-state index contributed by atoms with van der Waals surface area (Å²) < 4.78 is 5.18. The second-order valence-corrected chi connectivity index (χ2v) is 4.17. The summed E-state index contributed by atoms with van der Waals surface area (Å²) in [5.74, 6) is 1.29. The quantitative estimate of drug-likeness (QED) is 0.868. The van der Waals surface area contributed by atoms with Gasteiger partial charge in [-0.05, 0) is 37.1 Å². The Morgan fingerprint density at radius 1 is 1.29 bits per heavy atom. The van der Waals surface area contributed by atoms with Crippen molar-refractivity contribution in [3.05, 3.63) is 35.7 Å². The first kappa shape index (κ1) is 10.0. The number of rotatable bonds is 3. The molecule has 1 amide bonds. The molecule has 0 radical (unpaired) electrons. The summed E-state index contributed by atoms with van der Waals surface area (Å²) in [5.41, 5.74) is 6.43. The van der Waals surface area contributed by atoms with E-state index in [-0.39, 0.29) is 0 Å². The van der Waals surface area contributed by atoms with E-state index in [0.717, 1.165) is 24.2 Å². The summed E-state index contributed by atoms with van der Waals surface area (Å²) in [4.78, 5) is 15.2. The molecule has 86 valence electrons. The van der Waals surface area contributed by atoms with Crippen LogP contribution in [0.3, 0.4) is 0 Å². The van der Waals surface area contributed by atoms with Crippen LogP contribution in [-0.2, 0) is 0 Å². The third-order valence-electron chi connectivity index (χ3n) is 2.80. The molecule has 0 saturated heterocycles. The molecular weight excluding hydrogens is 218 g/mol. The van der Waals surface area contributed by atoms with Crippen molar-refractivity contribution >= 4 is 5.91 Å². The number of primary amides is 1. The van der Waals surface area contributed by atoms with Crippen LogP contribution in [0.15, 0.2) is 28.8 Å². The predicted molar refractivity (Wildman–Crippen MR) is 60.2 cm³/mol. The van der Waals surface area contributed by atoms with Gasteiger partial charge in [-0.15, -0.1) is 0 Å². The maximum absolute atomic E-state index is 10.9. The Kier molecular flexibility index (Phi) is 2.18. The molecule has 0 aliphatic heterocycles. The zero-order valence-corrected chi connectivity index (χ0v) is 9.09. The van der Waals surface area contributed by atoms with Gasteiger partial charge in [-0.1, -0.05) is 5.16 Å². The predicted octanol–water partition coefficient (Wildman–Crippen LogP) is 1.71. The number of nitrogens with zero attached hydrogens (tertiary/aromatic N) is 2. The van der Waals surface area contributed by atoms with Gasteiger partial charge in [0, 0.05) is 17.0 Å². The molecule has 1 heterocycles. The fourth-order valence-corrected chi connectivity index (χ4v) is 1.64. The molecule has 1 aromatic heterocycles. The fourth-order valence-electron chi connectivity index (χ4n) is 1.64. The molecule has 17 heavy (non-hydrogen) atoms. The Morgan fingerprint density at radius 2 is 2.00 bits per heavy atom. The van der Waals surface area contributed by atoms with Crippen LogP contribution in [0.5, 0.6) is 0 Å². The summed E-state index contributed by atoms with van der Waals surface area (Å²) in [6, 6.07) is 6.81. The number of hydrogen-bond donors (Lipinski definition) is 1. The molecule has 2 N–H and O–H groups in total. The number of amides is 1. The van der Waals surface area contributed by atoms with Gasteiger partial charge in [0.05, 0.1) is 0 Å². The van der Waals surface area contributed by atoms with Crippen molar-refractivity contribution in [1.82, 2.24) is 10.1 Å². The molecule has 1 saturated carbocycles. The lowest BCUT2D eigenvalue weighted by Gasteiger charge is -1.96. The normalized spacial score (nSPS) is 14.8. The lowest BCUT2D eigenvalue weighted by molar-refractivity contribution is 0.100. The fraction of sp³-hybridized carbons (Fsp3) is 0.250. The topological polar surface area (TPSA) is 82.0 Å². The smallest absolute Gasteiger partial charge is 0.257 e. The molecular formula is C12H11N3O2. The summed E-state index contributed by atoms with van der Waals surface area (Å²) in [6.45, 7) is 0. The van der Waals surface area contributed by atoms with E-state index in [0.29, 0.717) is 17.4 Å². The van der Waals surface area contributed by atoms with E-state index in [9.17, 15) is 4.79 Å². The first-order chi connectivity index (χ1) is 8.24. The lowest BCUT2D eigenvalue weighted by Crippen LogP contribution is -2.10. The van der Waals surface area contributed by atoms with Gasteiger partial charge in [-0.2, -0.15) is 4.98 Å². The van der Waals surface area contributed by atoms with E-state index in [2.05, 4.69) is 10.1 Å². The van der Waals surface area contributed by atoms with E-state index < -0.39 is 5.91 Å². The molecule has 5 heteroatoms. The molecule has 0 spiro atoms. The monoisotopic (exact) mass is 229 g/mol. The molecule has 0 bridgehead atoms. The largest absolute Gasteiger partial charge is 0.366 e. The third kappa shape index (κ3) is 1.91. The summed E-state index contributed by atoms with van der Waals surface area (Å²) in [7, 11) is 0. The molecule has 1 aliphatic carbocycles. The van der Waals surface area contributed by atoms with Crippen molar-refractivity contribution in [3.8, 4) is 11.5 Å². The zero-order valence-electron chi connectivity index (χ0n) is 9.09. The maximum atomic E-state index is 10.9. The van der Waals surface area contributed by atoms with Crippen LogP contribution in [0, 0.1) is 0 Å². The molecule has 3 rings (SSSR count). The van der Waals surface area contributed by atoms with Crippen molar-refractivity contribution < 1.29 is 9.32 Å². The first-order valence-corrected chi connectivity index (χ1v) is 5.48. The van der Waals surface area contributed by atoms with Crippen LogP contribution in [0.2, 0.25) is 0 Å². The van der Waals surface area contributed by atoms with Crippen molar-refractivity contribution in [1.29, 1.82) is 0 Å². The van der Waals surface area contributed by atoms with E-state index in [1.54, 1.807) is 24.3 Å². The van der Waals surface area contributed by atoms with Crippen molar-refractivity contribution in [2.24, 2.45) is 5.73 Å². The molecule has 1 aliphatic rings. The van der Waals surface area contributed by atoms with Gasteiger partial charge in [0.15, 0.2) is 5.82 Å². The number of carbonyl (C=O) groups is 1. The minimum atomic E-state index is -0.444. The summed E-state index contributed by atoms with van der Waals surface area (Å²) in [6.07, 6.45) is 2.28.